The molecular formula is C21H23N3O3. The van der Waals surface area contributed by atoms with Gasteiger partial charge < -0.3 is 20.6 Å². The summed E-state index contributed by atoms with van der Waals surface area (Å²) in [5, 5.41) is 10.5. The second-order valence-electron chi connectivity index (χ2n) is 6.91. The van der Waals surface area contributed by atoms with Gasteiger partial charge in [0.2, 0.25) is 0 Å². The molecule has 0 atom stereocenters. The molecule has 6 heteroatoms. The first-order valence-electron chi connectivity index (χ1n) is 9.22. The van der Waals surface area contributed by atoms with E-state index in [1.54, 1.807) is 12.1 Å². The van der Waals surface area contributed by atoms with Gasteiger partial charge in [-0.05, 0) is 55.8 Å². The number of anilines is 1. The lowest BCUT2D eigenvalue weighted by molar-refractivity contribution is 0.0692. The summed E-state index contributed by atoms with van der Waals surface area (Å²) >= 11 is 0. The number of nitrogens with two attached hydrogens (primary N) is 1. The molecular weight excluding hydrogens is 342 g/mol. The lowest BCUT2D eigenvalue weighted by Crippen LogP contribution is -2.25. The van der Waals surface area contributed by atoms with Crippen molar-refractivity contribution in [1.29, 1.82) is 0 Å². The van der Waals surface area contributed by atoms with E-state index in [1.165, 1.54) is 12.8 Å². The van der Waals surface area contributed by atoms with Crippen LogP contribution in [0.4, 0.5) is 5.69 Å². The Labute approximate surface area is 157 Å². The van der Waals surface area contributed by atoms with Crippen molar-refractivity contribution in [3.63, 3.8) is 0 Å². The fourth-order valence-corrected chi connectivity index (χ4v) is 3.68. The molecule has 140 valence electrons. The Kier molecular flexibility index (Phi) is 4.73. The van der Waals surface area contributed by atoms with E-state index >= 15 is 0 Å². The Morgan fingerprint density at radius 1 is 1.15 bits per heavy atom. The fraction of sp³-hybridized carbons (Fsp3) is 0.286. The van der Waals surface area contributed by atoms with Crippen LogP contribution in [0.2, 0.25) is 0 Å². The summed E-state index contributed by atoms with van der Waals surface area (Å²) in [7, 11) is 0. The van der Waals surface area contributed by atoms with Crippen LogP contribution in [-0.4, -0.2) is 47.2 Å². The molecule has 0 aliphatic carbocycles. The van der Waals surface area contributed by atoms with Crippen LogP contribution in [0.25, 0.3) is 22.0 Å². The van der Waals surface area contributed by atoms with Crippen LogP contribution in [0.3, 0.4) is 0 Å². The molecule has 6 nitrogen and oxygen atoms in total. The number of nitrogens with zero attached hydrogens (tertiary/aromatic N) is 1. The van der Waals surface area contributed by atoms with Gasteiger partial charge in [0.15, 0.2) is 0 Å². The van der Waals surface area contributed by atoms with E-state index in [-0.39, 0.29) is 5.69 Å². The van der Waals surface area contributed by atoms with Crippen LogP contribution in [0, 0.1) is 0 Å². The van der Waals surface area contributed by atoms with Gasteiger partial charge in [0, 0.05) is 29.2 Å². The molecule has 0 saturated carbocycles. The van der Waals surface area contributed by atoms with E-state index in [2.05, 4.69) is 9.88 Å². The Morgan fingerprint density at radius 3 is 2.59 bits per heavy atom. The van der Waals surface area contributed by atoms with Crippen molar-refractivity contribution in [2.75, 3.05) is 32.0 Å². The normalized spacial score (nSPS) is 14.7. The highest BCUT2D eigenvalue weighted by Gasteiger charge is 2.19. The van der Waals surface area contributed by atoms with Crippen LogP contribution in [-0.2, 0) is 0 Å². The van der Waals surface area contributed by atoms with Gasteiger partial charge in [-0.1, -0.05) is 12.1 Å². The number of likely N-dealkylation sites (tertiary alicyclic amines) is 1. The minimum atomic E-state index is -0.991. The van der Waals surface area contributed by atoms with Crippen molar-refractivity contribution >= 4 is 22.6 Å². The Hall–Kier alpha value is -2.99. The molecule has 1 saturated heterocycles. The van der Waals surface area contributed by atoms with E-state index in [0.717, 1.165) is 41.9 Å². The Balaban J connectivity index is 1.62. The molecule has 0 amide bonds. The zero-order valence-corrected chi connectivity index (χ0v) is 15.1. The standard InChI is InChI=1S/C21H23N3O3/c22-15-5-3-14(4-6-15)19-17-8-7-16(13-18(17)23-20(19)21(25)26)27-12-11-24-9-1-2-10-24/h3-8,13,23H,1-2,9-12,22H2,(H,25,26). The van der Waals surface area contributed by atoms with Gasteiger partial charge in [-0.2, -0.15) is 0 Å². The second kappa shape index (κ2) is 7.32. The van der Waals surface area contributed by atoms with Crippen LogP contribution in [0.15, 0.2) is 42.5 Å². The van der Waals surface area contributed by atoms with E-state index in [0.29, 0.717) is 17.9 Å². The van der Waals surface area contributed by atoms with Crippen LogP contribution in [0.5, 0.6) is 5.75 Å². The Morgan fingerprint density at radius 2 is 1.89 bits per heavy atom. The predicted octanol–water partition coefficient (Wildman–Crippen LogP) is 3.59. The first kappa shape index (κ1) is 17.4. The van der Waals surface area contributed by atoms with Crippen LogP contribution >= 0.6 is 0 Å². The second-order valence-corrected chi connectivity index (χ2v) is 6.91. The van der Waals surface area contributed by atoms with Gasteiger partial charge in [-0.15, -0.1) is 0 Å². The molecule has 27 heavy (non-hydrogen) atoms. The highest BCUT2D eigenvalue weighted by Crippen LogP contribution is 2.34. The number of aromatic nitrogens is 1. The van der Waals surface area contributed by atoms with E-state index in [4.69, 9.17) is 10.5 Å². The average molecular weight is 365 g/mol. The average Bonchev–Trinajstić information content (AvgIpc) is 3.30. The maximum absolute atomic E-state index is 11.7. The first-order chi connectivity index (χ1) is 13.1. The molecule has 1 aliphatic rings. The SMILES string of the molecule is Nc1ccc(-c2c(C(=O)O)[nH]c3cc(OCCN4CCCC4)ccc23)cc1. The quantitative estimate of drug-likeness (QED) is 0.581. The fourth-order valence-electron chi connectivity index (χ4n) is 3.68. The zero-order chi connectivity index (χ0) is 18.8. The topological polar surface area (TPSA) is 91.6 Å². The molecule has 4 N–H and O–H groups in total. The van der Waals surface area contributed by atoms with Gasteiger partial charge >= 0.3 is 5.97 Å². The number of aromatic carboxylic acids is 1. The third kappa shape index (κ3) is 3.61. The molecule has 2 heterocycles. The van der Waals surface area contributed by atoms with Crippen LogP contribution < -0.4 is 10.5 Å². The van der Waals surface area contributed by atoms with Crippen molar-refractivity contribution in [2.24, 2.45) is 0 Å². The van der Waals surface area contributed by atoms with Gasteiger partial charge in [0.1, 0.15) is 18.1 Å². The third-order valence-corrected chi connectivity index (χ3v) is 5.06. The van der Waals surface area contributed by atoms with Gasteiger partial charge in [-0.25, -0.2) is 4.79 Å². The number of benzene rings is 2. The maximum atomic E-state index is 11.7. The van der Waals surface area contributed by atoms with Crippen molar-refractivity contribution in [2.45, 2.75) is 12.8 Å². The number of H-pyrrole nitrogens is 1. The minimum absolute atomic E-state index is 0.170. The largest absolute Gasteiger partial charge is 0.492 e. The van der Waals surface area contributed by atoms with E-state index in [9.17, 15) is 9.90 Å². The molecule has 0 spiro atoms. The number of rotatable bonds is 6. The minimum Gasteiger partial charge on any atom is -0.492 e. The van der Waals surface area contributed by atoms with Gasteiger partial charge in [0.05, 0.1) is 5.52 Å². The summed E-state index contributed by atoms with van der Waals surface area (Å²) in [4.78, 5) is 17.2. The predicted molar refractivity (Wildman–Crippen MR) is 106 cm³/mol. The number of carboxylic acids is 1. The number of nitrogen functional groups attached to an aromatic ring is 1. The number of hydrogen-bond donors (Lipinski definition) is 3. The lowest BCUT2D eigenvalue weighted by atomic mass is 10.0. The number of carboxylic acid groups (broad SMARTS) is 1. The van der Waals surface area contributed by atoms with Gasteiger partial charge in [-0.3, -0.25) is 4.90 Å². The van der Waals surface area contributed by atoms with Crippen molar-refractivity contribution in [3.05, 3.63) is 48.2 Å². The number of hydrogen-bond acceptors (Lipinski definition) is 4. The smallest absolute Gasteiger partial charge is 0.352 e. The molecule has 2 aromatic carbocycles. The van der Waals surface area contributed by atoms with Crippen molar-refractivity contribution < 1.29 is 14.6 Å². The highest BCUT2D eigenvalue weighted by molar-refractivity contribution is 6.07. The summed E-state index contributed by atoms with van der Waals surface area (Å²) in [5.41, 5.74) is 8.80. The lowest BCUT2D eigenvalue weighted by Gasteiger charge is -2.14. The summed E-state index contributed by atoms with van der Waals surface area (Å²) < 4.78 is 5.88. The third-order valence-electron chi connectivity index (χ3n) is 5.06. The molecule has 1 aromatic heterocycles. The maximum Gasteiger partial charge on any atom is 0.352 e. The molecule has 1 fully saturated rings. The number of fused-ring (bicyclic) bond motifs is 1. The van der Waals surface area contributed by atoms with Crippen molar-refractivity contribution in [1.82, 2.24) is 9.88 Å². The number of ether oxygens (including phenoxy) is 1. The highest BCUT2D eigenvalue weighted by atomic mass is 16.5. The van der Waals surface area contributed by atoms with E-state index in [1.807, 2.05) is 30.3 Å². The summed E-state index contributed by atoms with van der Waals surface area (Å²) in [6.45, 7) is 3.83. The molecule has 0 bridgehead atoms. The molecule has 1 aliphatic heterocycles. The summed E-state index contributed by atoms with van der Waals surface area (Å²) in [6.07, 6.45) is 2.53. The number of nitrogens with one attached hydrogen (secondary N) is 1. The van der Waals surface area contributed by atoms with Gasteiger partial charge in [0.25, 0.3) is 0 Å². The number of aromatic amines is 1. The molecule has 3 aromatic rings. The number of carbonyl (C=O) groups is 1. The zero-order valence-electron chi connectivity index (χ0n) is 15.1. The molecule has 4 rings (SSSR count). The first-order valence-corrected chi connectivity index (χ1v) is 9.22. The monoisotopic (exact) mass is 365 g/mol. The molecule has 0 unspecified atom stereocenters. The van der Waals surface area contributed by atoms with Crippen LogP contribution in [0.1, 0.15) is 23.3 Å². The summed E-state index contributed by atoms with van der Waals surface area (Å²) in [6, 6.07) is 12.9. The van der Waals surface area contributed by atoms with Crippen molar-refractivity contribution in [3.8, 4) is 16.9 Å². The molecule has 0 radical (unpaired) electrons. The van der Waals surface area contributed by atoms with E-state index < -0.39 is 5.97 Å². The summed E-state index contributed by atoms with van der Waals surface area (Å²) in [5.74, 6) is -0.252. The Bertz CT molecular complexity index is 957.